The summed E-state index contributed by atoms with van der Waals surface area (Å²) < 4.78 is 5.49. The first-order valence-electron chi connectivity index (χ1n) is 9.92. The van der Waals surface area contributed by atoms with Gasteiger partial charge < -0.3 is 9.64 Å². The molecule has 0 bridgehead atoms. The molecule has 0 aromatic carbocycles. The Labute approximate surface area is 152 Å². The van der Waals surface area contributed by atoms with Gasteiger partial charge in [0.25, 0.3) is 0 Å². The summed E-state index contributed by atoms with van der Waals surface area (Å²) in [5, 5.41) is 0. The number of piperidine rings is 1. The molecule has 3 aliphatic rings. The van der Waals surface area contributed by atoms with Gasteiger partial charge >= 0.3 is 6.09 Å². The Bertz CT molecular complexity index is 514. The first kappa shape index (κ1) is 18.7. The lowest BCUT2D eigenvalue weighted by Crippen LogP contribution is -2.66. The van der Waals surface area contributed by atoms with Gasteiger partial charge in [0.15, 0.2) is 0 Å². The van der Waals surface area contributed by atoms with Gasteiger partial charge in [0.1, 0.15) is 11.4 Å². The summed E-state index contributed by atoms with van der Waals surface area (Å²) in [5.74, 6) is 0.863. The van der Waals surface area contributed by atoms with Crippen LogP contribution in [0.25, 0.3) is 0 Å². The minimum absolute atomic E-state index is 0.0928. The van der Waals surface area contributed by atoms with Crippen LogP contribution in [0.1, 0.15) is 66.2 Å². The van der Waals surface area contributed by atoms with Gasteiger partial charge in [-0.1, -0.05) is 12.8 Å². The molecule has 1 spiro atoms. The number of ketones is 1. The van der Waals surface area contributed by atoms with E-state index in [1.165, 1.54) is 25.7 Å². The van der Waals surface area contributed by atoms with Crippen molar-refractivity contribution >= 4 is 11.9 Å². The standard InChI is InChI=1S/C20H34N2O3/c1-15(23)17(16-8-5-6-9-16)21-11-7-10-20(12-21)13-22(14-20)18(24)25-19(2,3)4/h16-17H,5-14H2,1-4H3/t17-/m0/s1. The Balaban J connectivity index is 1.60. The van der Waals surface area contributed by atoms with Crippen LogP contribution < -0.4 is 0 Å². The molecule has 1 amide bonds. The van der Waals surface area contributed by atoms with Gasteiger partial charge in [0.05, 0.1) is 6.04 Å². The molecule has 0 aromatic rings. The van der Waals surface area contributed by atoms with Crippen LogP contribution in [0.4, 0.5) is 4.79 Å². The van der Waals surface area contributed by atoms with E-state index in [0.29, 0.717) is 11.7 Å². The fourth-order valence-electron chi connectivity index (χ4n) is 5.12. The minimum atomic E-state index is -0.444. The van der Waals surface area contributed by atoms with Crippen LogP contribution in [-0.4, -0.2) is 59.5 Å². The van der Waals surface area contributed by atoms with Crippen LogP contribution in [0, 0.1) is 11.3 Å². The van der Waals surface area contributed by atoms with Crippen molar-refractivity contribution in [2.45, 2.75) is 77.9 Å². The van der Waals surface area contributed by atoms with Gasteiger partial charge in [-0.25, -0.2) is 4.79 Å². The smallest absolute Gasteiger partial charge is 0.410 e. The van der Waals surface area contributed by atoms with E-state index < -0.39 is 5.60 Å². The van der Waals surface area contributed by atoms with Crippen molar-refractivity contribution in [1.82, 2.24) is 9.80 Å². The van der Waals surface area contributed by atoms with E-state index in [1.807, 2.05) is 25.7 Å². The maximum absolute atomic E-state index is 12.4. The third-order valence-corrected chi connectivity index (χ3v) is 6.05. The lowest BCUT2D eigenvalue weighted by Gasteiger charge is -2.55. The second kappa shape index (κ2) is 6.90. The quantitative estimate of drug-likeness (QED) is 0.782. The van der Waals surface area contributed by atoms with Crippen LogP contribution >= 0.6 is 0 Å². The maximum Gasteiger partial charge on any atom is 0.410 e. The fourth-order valence-corrected chi connectivity index (χ4v) is 5.12. The molecule has 3 rings (SSSR count). The van der Waals surface area contributed by atoms with E-state index in [1.54, 1.807) is 6.92 Å². The Kier molecular flexibility index (Phi) is 5.16. The monoisotopic (exact) mass is 350 g/mol. The van der Waals surface area contributed by atoms with E-state index in [-0.39, 0.29) is 17.6 Å². The second-order valence-corrected chi connectivity index (χ2v) is 9.51. The average Bonchev–Trinajstić information content (AvgIpc) is 2.96. The molecule has 5 nitrogen and oxygen atoms in total. The first-order valence-corrected chi connectivity index (χ1v) is 9.92. The molecule has 0 N–H and O–H groups in total. The summed E-state index contributed by atoms with van der Waals surface area (Å²) in [4.78, 5) is 28.9. The lowest BCUT2D eigenvalue weighted by atomic mass is 9.72. The Morgan fingerprint density at radius 3 is 2.28 bits per heavy atom. The van der Waals surface area contributed by atoms with Gasteiger partial charge in [-0.05, 0) is 65.8 Å². The highest BCUT2D eigenvalue weighted by Crippen LogP contribution is 2.42. The van der Waals surface area contributed by atoms with Crippen molar-refractivity contribution in [3.8, 4) is 0 Å². The predicted molar refractivity (Wildman–Crippen MR) is 97.5 cm³/mol. The summed E-state index contributed by atoms with van der Waals surface area (Å²) in [6.07, 6.45) is 6.99. The van der Waals surface area contributed by atoms with Gasteiger partial charge in [-0.2, -0.15) is 0 Å². The molecule has 0 aromatic heterocycles. The van der Waals surface area contributed by atoms with Crippen molar-refractivity contribution in [3.05, 3.63) is 0 Å². The topological polar surface area (TPSA) is 49.9 Å². The normalized spacial score (nSPS) is 25.7. The second-order valence-electron chi connectivity index (χ2n) is 9.51. The summed E-state index contributed by atoms with van der Waals surface area (Å²) in [5.41, 5.74) is -0.276. The number of ether oxygens (including phenoxy) is 1. The Hall–Kier alpha value is -1.10. The number of hydrogen-bond acceptors (Lipinski definition) is 4. The summed E-state index contributed by atoms with van der Waals surface area (Å²) >= 11 is 0. The van der Waals surface area contributed by atoms with Crippen molar-refractivity contribution in [2.75, 3.05) is 26.2 Å². The van der Waals surface area contributed by atoms with E-state index in [2.05, 4.69) is 4.90 Å². The molecule has 2 aliphatic heterocycles. The number of hydrogen-bond donors (Lipinski definition) is 0. The maximum atomic E-state index is 12.4. The van der Waals surface area contributed by atoms with Crippen molar-refractivity contribution in [2.24, 2.45) is 11.3 Å². The van der Waals surface area contributed by atoms with Crippen LogP contribution in [0.5, 0.6) is 0 Å². The highest BCUT2D eigenvalue weighted by atomic mass is 16.6. The van der Waals surface area contributed by atoms with Crippen LogP contribution in [0.3, 0.4) is 0 Å². The van der Waals surface area contributed by atoms with Gasteiger partial charge in [-0.3, -0.25) is 9.69 Å². The summed E-state index contributed by atoms with van der Waals surface area (Å²) in [6, 6.07) is 0.0928. The molecule has 2 heterocycles. The van der Waals surface area contributed by atoms with E-state index >= 15 is 0 Å². The van der Waals surface area contributed by atoms with E-state index in [0.717, 1.165) is 39.0 Å². The molecule has 25 heavy (non-hydrogen) atoms. The molecule has 1 atom stereocenters. The number of carbonyl (C=O) groups excluding carboxylic acids is 2. The van der Waals surface area contributed by atoms with Crippen molar-refractivity contribution in [3.63, 3.8) is 0 Å². The van der Waals surface area contributed by atoms with Gasteiger partial charge in [0, 0.05) is 25.0 Å². The van der Waals surface area contributed by atoms with Crippen molar-refractivity contribution < 1.29 is 14.3 Å². The van der Waals surface area contributed by atoms with Crippen LogP contribution in [-0.2, 0) is 9.53 Å². The zero-order valence-corrected chi connectivity index (χ0v) is 16.3. The van der Waals surface area contributed by atoms with Gasteiger partial charge in [-0.15, -0.1) is 0 Å². The molecule has 0 radical (unpaired) electrons. The highest BCUT2D eigenvalue weighted by molar-refractivity contribution is 5.81. The number of amides is 1. The Morgan fingerprint density at radius 2 is 1.72 bits per heavy atom. The van der Waals surface area contributed by atoms with Crippen LogP contribution in [0.2, 0.25) is 0 Å². The summed E-state index contributed by atoms with van der Waals surface area (Å²) in [6.45, 7) is 11.0. The number of rotatable bonds is 3. The largest absolute Gasteiger partial charge is 0.444 e. The highest BCUT2D eigenvalue weighted by Gasteiger charge is 2.50. The molecular weight excluding hydrogens is 316 g/mol. The van der Waals surface area contributed by atoms with Crippen molar-refractivity contribution in [1.29, 1.82) is 0 Å². The third kappa shape index (κ3) is 4.18. The van der Waals surface area contributed by atoms with Crippen LogP contribution in [0.15, 0.2) is 0 Å². The third-order valence-electron chi connectivity index (χ3n) is 6.05. The number of carbonyl (C=O) groups is 2. The van der Waals surface area contributed by atoms with Gasteiger partial charge in [0.2, 0.25) is 0 Å². The molecule has 0 unspecified atom stereocenters. The van der Waals surface area contributed by atoms with E-state index in [4.69, 9.17) is 4.74 Å². The van der Waals surface area contributed by atoms with E-state index in [9.17, 15) is 9.59 Å². The summed E-state index contributed by atoms with van der Waals surface area (Å²) in [7, 11) is 0. The molecule has 3 fully saturated rings. The zero-order valence-electron chi connectivity index (χ0n) is 16.3. The zero-order chi connectivity index (χ0) is 18.2. The predicted octanol–water partition coefficient (Wildman–Crippen LogP) is 3.47. The lowest BCUT2D eigenvalue weighted by molar-refractivity contribution is -0.129. The Morgan fingerprint density at radius 1 is 1.08 bits per heavy atom. The molecule has 1 aliphatic carbocycles. The molecule has 5 heteroatoms. The number of likely N-dealkylation sites (tertiary alicyclic amines) is 2. The molecule has 2 saturated heterocycles. The number of Topliss-reactive ketones (excluding diaryl/α,β-unsaturated/α-hetero) is 1. The SMILES string of the molecule is CC(=O)[C@@H](C1CCCC1)N1CCCC2(CN(C(=O)OC(C)(C)C)C2)C1. The molecule has 142 valence electrons. The fraction of sp³-hybridized carbons (Fsp3) is 0.900. The first-order chi connectivity index (χ1) is 11.7. The molecular formula is C20H34N2O3. The molecule has 1 saturated carbocycles. The number of nitrogens with zero attached hydrogens (tertiary/aromatic N) is 2. The average molecular weight is 351 g/mol. The minimum Gasteiger partial charge on any atom is -0.444 e.